The molecule has 0 aromatic heterocycles. The number of nitrogens with zero attached hydrogens (tertiary/aromatic N) is 1. The minimum Gasteiger partial charge on any atom is -0.496 e. The Bertz CT molecular complexity index is 366. The van der Waals surface area contributed by atoms with Crippen LogP contribution in [0.15, 0.2) is 18.2 Å². The molecule has 3 nitrogen and oxygen atoms in total. The fourth-order valence-corrected chi connectivity index (χ4v) is 2.11. The van der Waals surface area contributed by atoms with Crippen molar-refractivity contribution in [2.45, 2.75) is 33.2 Å². The molecule has 1 rings (SSSR count). The van der Waals surface area contributed by atoms with E-state index in [1.165, 1.54) is 11.3 Å². The molecule has 18 heavy (non-hydrogen) atoms. The second kappa shape index (κ2) is 7.27. The molecule has 0 heterocycles. The second-order valence-corrected chi connectivity index (χ2v) is 4.58. The van der Waals surface area contributed by atoms with E-state index in [1.54, 1.807) is 7.11 Å². The fraction of sp³-hybridized carbons (Fsp3) is 0.600. The molecule has 0 aliphatic rings. The maximum absolute atomic E-state index is 5.52. The molecule has 1 atom stereocenters. The Morgan fingerprint density at radius 1 is 1.33 bits per heavy atom. The van der Waals surface area contributed by atoms with Gasteiger partial charge in [0.15, 0.2) is 0 Å². The van der Waals surface area contributed by atoms with Crippen LogP contribution in [0.3, 0.4) is 0 Å². The Hall–Kier alpha value is -1.22. The first-order chi connectivity index (χ1) is 8.65. The number of hydrogen-bond acceptors (Lipinski definition) is 3. The highest BCUT2D eigenvalue weighted by Gasteiger charge is 2.17. The average molecular weight is 250 g/mol. The molecule has 0 fully saturated rings. The maximum atomic E-state index is 5.52. The quantitative estimate of drug-likeness (QED) is 0.804. The molecule has 0 aliphatic heterocycles. The number of ether oxygens (including phenoxy) is 1. The zero-order chi connectivity index (χ0) is 13.5. The van der Waals surface area contributed by atoms with Crippen molar-refractivity contribution in [3.63, 3.8) is 0 Å². The van der Waals surface area contributed by atoms with Crippen molar-refractivity contribution < 1.29 is 4.74 Å². The van der Waals surface area contributed by atoms with Gasteiger partial charge in [0.05, 0.1) is 7.11 Å². The van der Waals surface area contributed by atoms with Crippen molar-refractivity contribution in [3.05, 3.63) is 23.8 Å². The van der Waals surface area contributed by atoms with Crippen LogP contribution in [0.4, 0.5) is 5.69 Å². The lowest BCUT2D eigenvalue weighted by Gasteiger charge is -2.26. The van der Waals surface area contributed by atoms with Gasteiger partial charge in [0.2, 0.25) is 0 Å². The van der Waals surface area contributed by atoms with Crippen LogP contribution in [0, 0.1) is 0 Å². The Labute approximate surface area is 111 Å². The summed E-state index contributed by atoms with van der Waals surface area (Å²) in [6.07, 6.45) is 1.14. The first kappa shape index (κ1) is 14.8. The number of benzene rings is 1. The number of methoxy groups -OCH3 is 1. The zero-order valence-corrected chi connectivity index (χ0v) is 12.3. The minimum atomic E-state index is 0.296. The molecule has 3 heteroatoms. The lowest BCUT2D eigenvalue weighted by molar-refractivity contribution is 0.402. The van der Waals surface area contributed by atoms with Crippen molar-refractivity contribution in [2.75, 3.05) is 32.1 Å². The monoisotopic (exact) mass is 250 g/mol. The maximum Gasteiger partial charge on any atom is 0.125 e. The molecule has 0 aliphatic carbocycles. The van der Waals surface area contributed by atoms with Gasteiger partial charge in [-0.05, 0) is 38.9 Å². The normalized spacial score (nSPS) is 12.3. The zero-order valence-electron chi connectivity index (χ0n) is 12.3. The topological polar surface area (TPSA) is 24.5 Å². The molecular weight excluding hydrogens is 224 g/mol. The average Bonchev–Trinajstić information content (AvgIpc) is 2.42. The van der Waals surface area contributed by atoms with Gasteiger partial charge in [-0.1, -0.05) is 13.0 Å². The van der Waals surface area contributed by atoms with Crippen LogP contribution in [0.1, 0.15) is 38.8 Å². The predicted molar refractivity (Wildman–Crippen MR) is 78.6 cm³/mol. The Morgan fingerprint density at radius 3 is 2.61 bits per heavy atom. The Kier molecular flexibility index (Phi) is 5.99. The van der Waals surface area contributed by atoms with Gasteiger partial charge >= 0.3 is 0 Å². The molecule has 0 spiro atoms. The summed E-state index contributed by atoms with van der Waals surface area (Å²) in [7, 11) is 3.85. The van der Waals surface area contributed by atoms with E-state index >= 15 is 0 Å². The van der Waals surface area contributed by atoms with Crippen molar-refractivity contribution in [1.29, 1.82) is 0 Å². The van der Waals surface area contributed by atoms with Crippen LogP contribution in [0.2, 0.25) is 0 Å². The van der Waals surface area contributed by atoms with Gasteiger partial charge in [-0.3, -0.25) is 0 Å². The highest BCUT2D eigenvalue weighted by molar-refractivity contribution is 5.60. The summed E-state index contributed by atoms with van der Waals surface area (Å²) in [5, 5.41) is 3.54. The molecule has 1 aromatic carbocycles. The molecular formula is C15H26N2O. The molecule has 1 unspecified atom stereocenters. The molecule has 0 bridgehead atoms. The van der Waals surface area contributed by atoms with Crippen LogP contribution < -0.4 is 15.0 Å². The van der Waals surface area contributed by atoms with E-state index in [-0.39, 0.29) is 0 Å². The van der Waals surface area contributed by atoms with Crippen LogP contribution in [-0.2, 0) is 0 Å². The molecule has 0 saturated heterocycles. The number of nitrogens with one attached hydrogen (secondary N) is 1. The van der Waals surface area contributed by atoms with Crippen molar-refractivity contribution >= 4 is 5.69 Å². The fourth-order valence-electron chi connectivity index (χ4n) is 2.11. The van der Waals surface area contributed by atoms with Crippen molar-refractivity contribution in [2.24, 2.45) is 0 Å². The predicted octanol–water partition coefficient (Wildman–Crippen LogP) is 3.21. The Balaban J connectivity index is 3.10. The molecule has 0 saturated carbocycles. The second-order valence-electron chi connectivity index (χ2n) is 4.58. The molecule has 1 N–H and O–H groups in total. The summed E-state index contributed by atoms with van der Waals surface area (Å²) < 4.78 is 5.52. The number of anilines is 1. The third-order valence-electron chi connectivity index (χ3n) is 3.28. The summed E-state index contributed by atoms with van der Waals surface area (Å²) >= 11 is 0. The third kappa shape index (κ3) is 3.39. The summed E-state index contributed by atoms with van der Waals surface area (Å²) in [5.41, 5.74) is 2.49. The van der Waals surface area contributed by atoms with Crippen LogP contribution in [-0.4, -0.2) is 27.2 Å². The SMILES string of the molecule is CCCNC(C)c1c(OC)cccc1N(C)CC. The summed E-state index contributed by atoms with van der Waals surface area (Å²) in [6, 6.07) is 6.54. The van der Waals surface area contributed by atoms with E-state index in [4.69, 9.17) is 4.74 Å². The molecule has 1 aromatic rings. The lowest BCUT2D eigenvalue weighted by Crippen LogP contribution is -2.24. The van der Waals surface area contributed by atoms with Gasteiger partial charge in [-0.15, -0.1) is 0 Å². The van der Waals surface area contributed by atoms with Gasteiger partial charge in [0.1, 0.15) is 5.75 Å². The van der Waals surface area contributed by atoms with Crippen molar-refractivity contribution in [1.82, 2.24) is 5.32 Å². The van der Waals surface area contributed by atoms with E-state index in [0.29, 0.717) is 6.04 Å². The van der Waals surface area contributed by atoms with Gasteiger partial charge in [-0.2, -0.15) is 0 Å². The smallest absolute Gasteiger partial charge is 0.125 e. The van der Waals surface area contributed by atoms with Crippen LogP contribution >= 0.6 is 0 Å². The third-order valence-corrected chi connectivity index (χ3v) is 3.28. The lowest BCUT2D eigenvalue weighted by atomic mass is 10.0. The van der Waals surface area contributed by atoms with Crippen LogP contribution in [0.25, 0.3) is 0 Å². The van der Waals surface area contributed by atoms with Gasteiger partial charge in [0.25, 0.3) is 0 Å². The van der Waals surface area contributed by atoms with Crippen molar-refractivity contribution in [3.8, 4) is 5.75 Å². The summed E-state index contributed by atoms with van der Waals surface area (Å²) in [6.45, 7) is 8.55. The van der Waals surface area contributed by atoms with E-state index in [1.807, 2.05) is 6.07 Å². The molecule has 0 amide bonds. The highest BCUT2D eigenvalue weighted by Crippen LogP contribution is 2.34. The molecule has 102 valence electrons. The van der Waals surface area contributed by atoms with E-state index in [2.05, 4.69) is 50.2 Å². The van der Waals surface area contributed by atoms with E-state index < -0.39 is 0 Å². The Morgan fingerprint density at radius 2 is 2.06 bits per heavy atom. The molecule has 0 radical (unpaired) electrons. The van der Waals surface area contributed by atoms with Gasteiger partial charge in [0, 0.05) is 30.9 Å². The largest absolute Gasteiger partial charge is 0.496 e. The summed E-state index contributed by atoms with van der Waals surface area (Å²) in [5.74, 6) is 0.962. The highest BCUT2D eigenvalue weighted by atomic mass is 16.5. The van der Waals surface area contributed by atoms with Gasteiger partial charge < -0.3 is 15.0 Å². The number of hydrogen-bond donors (Lipinski definition) is 1. The van der Waals surface area contributed by atoms with E-state index in [9.17, 15) is 0 Å². The standard InChI is InChI=1S/C15H26N2O/c1-6-11-16-12(3)15-13(17(4)7-2)9-8-10-14(15)18-5/h8-10,12,16H,6-7,11H2,1-5H3. The van der Waals surface area contributed by atoms with Crippen LogP contribution in [0.5, 0.6) is 5.75 Å². The number of rotatable bonds is 7. The first-order valence-corrected chi connectivity index (χ1v) is 6.77. The minimum absolute atomic E-state index is 0.296. The summed E-state index contributed by atoms with van der Waals surface area (Å²) in [4.78, 5) is 2.25. The van der Waals surface area contributed by atoms with E-state index in [0.717, 1.165) is 25.3 Å². The van der Waals surface area contributed by atoms with Gasteiger partial charge in [-0.25, -0.2) is 0 Å². The first-order valence-electron chi connectivity index (χ1n) is 6.77.